The van der Waals surface area contributed by atoms with Gasteiger partial charge in [0.2, 0.25) is 0 Å². The van der Waals surface area contributed by atoms with Gasteiger partial charge in [-0.15, -0.1) is 0 Å². The van der Waals surface area contributed by atoms with Crippen molar-refractivity contribution in [3.8, 4) is 0 Å². The van der Waals surface area contributed by atoms with Gasteiger partial charge in [-0.1, -0.05) is 26.0 Å². The Bertz CT molecular complexity index is 352. The molecule has 0 radical (unpaired) electrons. The summed E-state index contributed by atoms with van der Waals surface area (Å²) in [6, 6.07) is 0. The Morgan fingerprint density at radius 2 is 2.21 bits per heavy atom. The molecule has 2 saturated carbocycles. The summed E-state index contributed by atoms with van der Waals surface area (Å²) in [6.07, 6.45) is 8.41. The van der Waals surface area contributed by atoms with Crippen molar-refractivity contribution in [3.63, 3.8) is 0 Å². The van der Waals surface area contributed by atoms with Crippen molar-refractivity contribution in [1.29, 1.82) is 0 Å². The van der Waals surface area contributed by atoms with Crippen LogP contribution in [-0.4, -0.2) is 11.7 Å². The molecule has 2 fully saturated rings. The standard InChI is InChI=1S/C13H18O/c1-12-7-6-11(13(12,2)8-14)9-4-3-5-10(9)12/h4-5,11,14H,3,6-8H2,1-2H3/t11-,12+,13+/m0/s1. The Morgan fingerprint density at radius 1 is 1.43 bits per heavy atom. The molecule has 0 spiro atoms. The fourth-order valence-corrected chi connectivity index (χ4v) is 4.05. The summed E-state index contributed by atoms with van der Waals surface area (Å²) in [7, 11) is 0. The molecule has 14 heavy (non-hydrogen) atoms. The van der Waals surface area contributed by atoms with E-state index in [-0.39, 0.29) is 10.8 Å². The lowest BCUT2D eigenvalue weighted by Crippen LogP contribution is -2.35. The van der Waals surface area contributed by atoms with Crippen molar-refractivity contribution in [1.82, 2.24) is 0 Å². The number of allylic oxidation sites excluding steroid dienone is 4. The van der Waals surface area contributed by atoms with E-state index in [2.05, 4.69) is 26.0 Å². The highest BCUT2D eigenvalue weighted by Gasteiger charge is 2.63. The topological polar surface area (TPSA) is 20.2 Å². The molecule has 0 aromatic rings. The Morgan fingerprint density at radius 3 is 2.86 bits per heavy atom. The lowest BCUT2D eigenvalue weighted by atomic mass is 9.68. The van der Waals surface area contributed by atoms with Gasteiger partial charge in [0, 0.05) is 17.4 Å². The second kappa shape index (κ2) is 2.33. The highest BCUT2D eigenvalue weighted by Crippen LogP contribution is 2.71. The van der Waals surface area contributed by atoms with Gasteiger partial charge in [0.05, 0.1) is 0 Å². The predicted octanol–water partition coefficient (Wildman–Crippen LogP) is 2.67. The molecule has 0 amide bonds. The Balaban J connectivity index is 2.20. The summed E-state index contributed by atoms with van der Waals surface area (Å²) in [6.45, 7) is 4.95. The zero-order chi connectivity index (χ0) is 9.97. The van der Waals surface area contributed by atoms with Crippen molar-refractivity contribution in [3.05, 3.63) is 23.3 Å². The third kappa shape index (κ3) is 0.661. The molecular weight excluding hydrogens is 172 g/mol. The lowest BCUT2D eigenvalue weighted by molar-refractivity contribution is 0.0593. The first-order chi connectivity index (χ1) is 6.63. The lowest BCUT2D eigenvalue weighted by Gasteiger charge is -2.36. The van der Waals surface area contributed by atoms with Crippen LogP contribution < -0.4 is 0 Å². The first-order valence-corrected chi connectivity index (χ1v) is 5.65. The summed E-state index contributed by atoms with van der Waals surface area (Å²) in [5, 5.41) is 9.67. The van der Waals surface area contributed by atoms with E-state index in [0.717, 1.165) is 6.42 Å². The molecule has 0 heterocycles. The second-order valence-corrected chi connectivity index (χ2v) is 5.51. The minimum absolute atomic E-state index is 0.116. The van der Waals surface area contributed by atoms with E-state index in [0.29, 0.717) is 12.5 Å². The van der Waals surface area contributed by atoms with Gasteiger partial charge in [-0.25, -0.2) is 0 Å². The summed E-state index contributed by atoms with van der Waals surface area (Å²) >= 11 is 0. The van der Waals surface area contributed by atoms with Crippen LogP contribution in [0, 0.1) is 16.7 Å². The van der Waals surface area contributed by atoms with Gasteiger partial charge in [0.15, 0.2) is 0 Å². The molecule has 0 saturated heterocycles. The Labute approximate surface area is 85.5 Å². The average molecular weight is 190 g/mol. The molecule has 0 unspecified atom stereocenters. The monoisotopic (exact) mass is 190 g/mol. The Kier molecular flexibility index (Phi) is 1.45. The van der Waals surface area contributed by atoms with E-state index in [4.69, 9.17) is 0 Å². The average Bonchev–Trinajstić information content (AvgIpc) is 2.77. The molecule has 76 valence electrons. The van der Waals surface area contributed by atoms with Gasteiger partial charge in [0.1, 0.15) is 0 Å². The van der Waals surface area contributed by atoms with Gasteiger partial charge in [-0.3, -0.25) is 0 Å². The zero-order valence-corrected chi connectivity index (χ0v) is 9.01. The third-order valence-corrected chi connectivity index (χ3v) is 5.23. The fourth-order valence-electron chi connectivity index (χ4n) is 4.05. The zero-order valence-electron chi connectivity index (χ0n) is 9.01. The smallest absolute Gasteiger partial charge is 0.0499 e. The largest absolute Gasteiger partial charge is 0.396 e. The number of aliphatic hydroxyl groups excluding tert-OH is 1. The first kappa shape index (κ1) is 8.72. The van der Waals surface area contributed by atoms with Crippen molar-refractivity contribution in [2.45, 2.75) is 33.1 Å². The maximum atomic E-state index is 9.67. The van der Waals surface area contributed by atoms with E-state index in [1.165, 1.54) is 12.8 Å². The molecule has 1 heteroatoms. The number of hydrogen-bond acceptors (Lipinski definition) is 1. The van der Waals surface area contributed by atoms with Crippen LogP contribution in [0.15, 0.2) is 23.3 Å². The van der Waals surface area contributed by atoms with E-state index in [9.17, 15) is 5.11 Å². The Hall–Kier alpha value is -0.560. The fraction of sp³-hybridized carbons (Fsp3) is 0.692. The maximum absolute atomic E-state index is 9.67. The van der Waals surface area contributed by atoms with Crippen molar-refractivity contribution in [2.75, 3.05) is 6.61 Å². The number of fused-ring (bicyclic) bond motifs is 5. The summed E-state index contributed by atoms with van der Waals surface area (Å²) in [5.41, 5.74) is 3.50. The van der Waals surface area contributed by atoms with Gasteiger partial charge < -0.3 is 5.11 Å². The van der Waals surface area contributed by atoms with Crippen LogP contribution in [0.5, 0.6) is 0 Å². The first-order valence-electron chi connectivity index (χ1n) is 5.65. The molecule has 3 aliphatic carbocycles. The molecule has 2 bridgehead atoms. The molecule has 0 aromatic carbocycles. The van der Waals surface area contributed by atoms with Crippen molar-refractivity contribution < 1.29 is 5.11 Å². The van der Waals surface area contributed by atoms with Crippen molar-refractivity contribution >= 4 is 0 Å². The van der Waals surface area contributed by atoms with E-state index in [1.54, 1.807) is 11.1 Å². The normalized spacial score (nSPS) is 49.2. The minimum Gasteiger partial charge on any atom is -0.396 e. The summed E-state index contributed by atoms with van der Waals surface area (Å²) in [4.78, 5) is 0. The van der Waals surface area contributed by atoms with Gasteiger partial charge in [-0.05, 0) is 36.3 Å². The van der Waals surface area contributed by atoms with Gasteiger partial charge in [0.25, 0.3) is 0 Å². The van der Waals surface area contributed by atoms with Crippen LogP contribution in [-0.2, 0) is 0 Å². The van der Waals surface area contributed by atoms with Crippen LogP contribution in [0.3, 0.4) is 0 Å². The van der Waals surface area contributed by atoms with Crippen LogP contribution in [0.1, 0.15) is 33.1 Å². The maximum Gasteiger partial charge on any atom is 0.0499 e. The van der Waals surface area contributed by atoms with Crippen LogP contribution in [0.25, 0.3) is 0 Å². The molecular formula is C13H18O. The highest BCUT2D eigenvalue weighted by atomic mass is 16.3. The molecule has 0 aromatic heterocycles. The van der Waals surface area contributed by atoms with Crippen molar-refractivity contribution in [2.24, 2.45) is 16.7 Å². The number of aliphatic hydroxyl groups is 1. The summed E-state index contributed by atoms with van der Waals surface area (Å²) in [5.74, 6) is 0.631. The molecule has 3 rings (SSSR count). The van der Waals surface area contributed by atoms with Gasteiger partial charge in [-0.2, -0.15) is 0 Å². The SMILES string of the molecule is C[C@@]12CC[C@@H](C3=CCC=C31)[C@@]2(C)CO. The van der Waals surface area contributed by atoms with Gasteiger partial charge >= 0.3 is 0 Å². The highest BCUT2D eigenvalue weighted by molar-refractivity contribution is 5.53. The van der Waals surface area contributed by atoms with Crippen LogP contribution in [0.4, 0.5) is 0 Å². The predicted molar refractivity (Wildman–Crippen MR) is 56.8 cm³/mol. The molecule has 3 atom stereocenters. The quantitative estimate of drug-likeness (QED) is 0.674. The van der Waals surface area contributed by atoms with E-state index < -0.39 is 0 Å². The number of rotatable bonds is 1. The molecule has 3 aliphatic rings. The van der Waals surface area contributed by atoms with E-state index >= 15 is 0 Å². The van der Waals surface area contributed by atoms with Crippen LogP contribution in [0.2, 0.25) is 0 Å². The van der Waals surface area contributed by atoms with Crippen LogP contribution >= 0.6 is 0 Å². The molecule has 1 N–H and O–H groups in total. The number of hydrogen-bond donors (Lipinski definition) is 1. The molecule has 1 nitrogen and oxygen atoms in total. The minimum atomic E-state index is 0.116. The second-order valence-electron chi connectivity index (χ2n) is 5.51. The molecule has 0 aliphatic heterocycles. The third-order valence-electron chi connectivity index (χ3n) is 5.23. The summed E-state index contributed by atoms with van der Waals surface area (Å²) < 4.78 is 0. The van der Waals surface area contributed by atoms with E-state index in [1.807, 2.05) is 0 Å².